The monoisotopic (exact) mass is 325 g/mol. The van der Waals surface area contributed by atoms with E-state index >= 15 is 0 Å². The number of alkyl halides is 1. The largest absolute Gasteiger partial charge is 0.448 e. The van der Waals surface area contributed by atoms with Crippen LogP contribution in [0.25, 0.3) is 11.0 Å². The molecule has 2 heterocycles. The predicted octanol–water partition coefficient (Wildman–Crippen LogP) is 4.67. The van der Waals surface area contributed by atoms with Crippen LogP contribution in [0.1, 0.15) is 5.76 Å². The molecule has 0 N–H and O–H groups in total. The van der Waals surface area contributed by atoms with Crippen molar-refractivity contribution >= 4 is 28.3 Å². The van der Waals surface area contributed by atoms with Gasteiger partial charge < -0.3 is 9.32 Å². The summed E-state index contributed by atoms with van der Waals surface area (Å²) in [7, 11) is 0. The summed E-state index contributed by atoms with van der Waals surface area (Å²) in [5.41, 5.74) is 0.163. The van der Waals surface area contributed by atoms with E-state index in [4.69, 9.17) is 16.0 Å². The lowest BCUT2D eigenvalue weighted by Crippen LogP contribution is -2.58. The molecule has 0 aliphatic carbocycles. The molecule has 0 radical (unpaired) electrons. The van der Waals surface area contributed by atoms with Crippen LogP contribution in [0.4, 0.5) is 10.1 Å². The zero-order chi connectivity index (χ0) is 15.9. The molecule has 0 unspecified atom stereocenters. The highest BCUT2D eigenvalue weighted by Crippen LogP contribution is 2.31. The summed E-state index contributed by atoms with van der Waals surface area (Å²) in [5, 5.41) is 1.62. The van der Waals surface area contributed by atoms with Crippen LogP contribution in [-0.4, -0.2) is 18.8 Å². The quantitative estimate of drug-likeness (QED) is 0.605. The molecule has 0 amide bonds. The lowest BCUT2D eigenvalue weighted by molar-refractivity contribution is 0.192. The van der Waals surface area contributed by atoms with Crippen molar-refractivity contribution in [1.29, 1.82) is 0 Å². The predicted molar refractivity (Wildman–Crippen MR) is 90.6 cm³/mol. The van der Waals surface area contributed by atoms with Crippen molar-refractivity contribution in [3.05, 3.63) is 65.4 Å². The first-order valence-electron chi connectivity index (χ1n) is 7.33. The van der Waals surface area contributed by atoms with Gasteiger partial charge in [0.05, 0.1) is 13.1 Å². The minimum atomic E-state index is -1.51. The molecule has 0 spiro atoms. The Hall–Kier alpha value is -2.44. The van der Waals surface area contributed by atoms with Gasteiger partial charge in [0.2, 0.25) is 5.67 Å². The van der Waals surface area contributed by atoms with E-state index < -0.39 is 5.67 Å². The van der Waals surface area contributed by atoms with E-state index in [2.05, 4.69) is 11.8 Å². The molecule has 1 aliphatic heterocycles. The molecule has 0 bridgehead atoms. The summed E-state index contributed by atoms with van der Waals surface area (Å²) in [6.45, 7) is 0.473. The molecule has 114 valence electrons. The highest BCUT2D eigenvalue weighted by atomic mass is 35.5. The number of fused-ring (bicyclic) bond motifs is 1. The van der Waals surface area contributed by atoms with Crippen LogP contribution in [-0.2, 0) is 0 Å². The van der Waals surface area contributed by atoms with Crippen molar-refractivity contribution in [2.24, 2.45) is 0 Å². The molecule has 4 rings (SSSR count). The second-order valence-electron chi connectivity index (χ2n) is 5.70. The van der Waals surface area contributed by atoms with Gasteiger partial charge in [-0.05, 0) is 30.2 Å². The summed E-state index contributed by atoms with van der Waals surface area (Å²) in [4.78, 5) is 1.92. The molecule has 23 heavy (non-hydrogen) atoms. The summed E-state index contributed by atoms with van der Waals surface area (Å²) in [6, 6.07) is 16.9. The number of furan rings is 1. The molecule has 4 heteroatoms. The van der Waals surface area contributed by atoms with Gasteiger partial charge in [0, 0.05) is 22.2 Å². The van der Waals surface area contributed by atoms with Crippen molar-refractivity contribution in [2.75, 3.05) is 18.0 Å². The summed E-state index contributed by atoms with van der Waals surface area (Å²) in [6.07, 6.45) is 0. The Bertz CT molecular complexity index is 898. The Labute approximate surface area is 138 Å². The van der Waals surface area contributed by atoms with E-state index in [1.54, 1.807) is 6.07 Å². The van der Waals surface area contributed by atoms with Gasteiger partial charge in [-0.25, -0.2) is 4.39 Å². The fraction of sp³-hybridized carbons (Fsp3) is 0.158. The van der Waals surface area contributed by atoms with Gasteiger partial charge in [-0.2, -0.15) is 0 Å². The second kappa shape index (κ2) is 5.33. The van der Waals surface area contributed by atoms with Crippen LogP contribution in [0, 0.1) is 11.8 Å². The topological polar surface area (TPSA) is 16.4 Å². The van der Waals surface area contributed by atoms with Crippen LogP contribution >= 0.6 is 11.6 Å². The Kier molecular flexibility index (Phi) is 3.28. The number of para-hydroxylation sites is 1. The first kappa shape index (κ1) is 14.2. The highest BCUT2D eigenvalue weighted by Gasteiger charge is 2.42. The molecule has 1 aromatic heterocycles. The molecular formula is C19H13ClFNO. The number of halogens is 2. The maximum absolute atomic E-state index is 14.6. The number of hydrogen-bond acceptors (Lipinski definition) is 2. The number of anilines is 1. The molecule has 3 aromatic rings. The average molecular weight is 326 g/mol. The molecule has 0 saturated carbocycles. The Morgan fingerprint density at radius 1 is 1.09 bits per heavy atom. The van der Waals surface area contributed by atoms with Gasteiger partial charge >= 0.3 is 0 Å². The third-order valence-corrected chi connectivity index (χ3v) is 4.13. The summed E-state index contributed by atoms with van der Waals surface area (Å²) in [5.74, 6) is 6.01. The normalized spacial score (nSPS) is 15.8. The van der Waals surface area contributed by atoms with Crippen LogP contribution in [0.2, 0.25) is 5.02 Å². The van der Waals surface area contributed by atoms with Gasteiger partial charge in [0.25, 0.3) is 0 Å². The highest BCUT2D eigenvalue weighted by molar-refractivity contribution is 6.30. The van der Waals surface area contributed by atoms with E-state index in [9.17, 15) is 4.39 Å². The standard InChI is InChI=1S/C19H13ClFNO/c20-15-5-3-6-16(11-15)22-12-19(21,13-22)9-8-17-10-14-4-1-2-7-18(14)23-17/h1-7,10-11H,12-13H2. The smallest absolute Gasteiger partial charge is 0.205 e. The first-order chi connectivity index (χ1) is 11.1. The van der Waals surface area contributed by atoms with Crippen LogP contribution in [0.3, 0.4) is 0 Å². The van der Waals surface area contributed by atoms with Crippen molar-refractivity contribution in [2.45, 2.75) is 5.67 Å². The van der Waals surface area contributed by atoms with Crippen LogP contribution in [0.15, 0.2) is 59.0 Å². The van der Waals surface area contributed by atoms with E-state index in [0.717, 1.165) is 16.7 Å². The van der Waals surface area contributed by atoms with Gasteiger partial charge in [-0.15, -0.1) is 0 Å². The fourth-order valence-electron chi connectivity index (χ4n) is 2.71. The van der Waals surface area contributed by atoms with E-state index in [0.29, 0.717) is 10.8 Å². The molecule has 1 fully saturated rings. The molecule has 0 atom stereocenters. The van der Waals surface area contributed by atoms with Crippen molar-refractivity contribution in [3.63, 3.8) is 0 Å². The molecule has 2 aromatic carbocycles. The Morgan fingerprint density at radius 2 is 1.91 bits per heavy atom. The molecule has 2 nitrogen and oxygen atoms in total. The van der Waals surface area contributed by atoms with Crippen LogP contribution in [0.5, 0.6) is 0 Å². The lowest BCUT2D eigenvalue weighted by atomic mass is 9.96. The van der Waals surface area contributed by atoms with Crippen molar-refractivity contribution < 1.29 is 8.81 Å². The second-order valence-corrected chi connectivity index (χ2v) is 6.14. The van der Waals surface area contributed by atoms with Gasteiger partial charge in [-0.3, -0.25) is 0 Å². The van der Waals surface area contributed by atoms with Crippen molar-refractivity contribution in [3.8, 4) is 11.8 Å². The fourth-order valence-corrected chi connectivity index (χ4v) is 2.89. The third-order valence-electron chi connectivity index (χ3n) is 3.89. The zero-order valence-corrected chi connectivity index (χ0v) is 13.0. The zero-order valence-electron chi connectivity index (χ0n) is 12.2. The van der Waals surface area contributed by atoms with Crippen LogP contribution < -0.4 is 4.90 Å². The maximum Gasteiger partial charge on any atom is 0.205 e. The van der Waals surface area contributed by atoms with Gasteiger partial charge in [-0.1, -0.05) is 41.8 Å². The number of rotatable bonds is 1. The van der Waals surface area contributed by atoms with E-state index in [1.165, 1.54) is 0 Å². The van der Waals surface area contributed by atoms with E-state index in [1.807, 2.05) is 53.4 Å². The molecule has 1 aliphatic rings. The number of benzene rings is 2. The Morgan fingerprint density at radius 3 is 2.70 bits per heavy atom. The molecule has 1 saturated heterocycles. The lowest BCUT2D eigenvalue weighted by Gasteiger charge is -2.42. The summed E-state index contributed by atoms with van der Waals surface area (Å²) < 4.78 is 20.2. The Balaban J connectivity index is 1.50. The number of hydrogen-bond donors (Lipinski definition) is 0. The minimum absolute atomic E-state index is 0.237. The van der Waals surface area contributed by atoms with Gasteiger partial charge in [0.1, 0.15) is 5.58 Å². The first-order valence-corrected chi connectivity index (χ1v) is 7.70. The van der Waals surface area contributed by atoms with E-state index in [-0.39, 0.29) is 13.1 Å². The average Bonchev–Trinajstić information content (AvgIpc) is 2.93. The minimum Gasteiger partial charge on any atom is -0.448 e. The SMILES string of the molecule is FC1(C#Cc2cc3ccccc3o2)CN(c2cccc(Cl)c2)C1. The van der Waals surface area contributed by atoms with Gasteiger partial charge in [0.15, 0.2) is 5.76 Å². The molecular weight excluding hydrogens is 313 g/mol. The summed E-state index contributed by atoms with van der Waals surface area (Å²) >= 11 is 5.96. The third kappa shape index (κ3) is 2.78. The maximum atomic E-state index is 14.6. The number of nitrogens with zero attached hydrogens (tertiary/aromatic N) is 1. The van der Waals surface area contributed by atoms with Crippen molar-refractivity contribution in [1.82, 2.24) is 0 Å².